The molecular formula is C12H20F3N5. The van der Waals surface area contributed by atoms with Gasteiger partial charge < -0.3 is 15.5 Å². The van der Waals surface area contributed by atoms with Crippen LogP contribution in [0.5, 0.6) is 0 Å². The molecule has 0 saturated carbocycles. The Kier molecular flexibility index (Phi) is 5.55. The average Bonchev–Trinajstić information content (AvgIpc) is 2.37. The molecule has 0 aliphatic carbocycles. The fourth-order valence-corrected chi connectivity index (χ4v) is 1.41. The number of aromatic nitrogens is 2. The number of nitrogens with zero attached hydrogens (tertiary/aromatic N) is 3. The third-order valence-corrected chi connectivity index (χ3v) is 2.89. The fourth-order valence-electron chi connectivity index (χ4n) is 1.41. The normalized spacial score (nSPS) is 12.1. The topological polar surface area (TPSA) is 53.1 Å². The van der Waals surface area contributed by atoms with Gasteiger partial charge in [-0.25, -0.2) is 9.97 Å². The minimum absolute atomic E-state index is 0.132. The summed E-state index contributed by atoms with van der Waals surface area (Å²) in [5.41, 5.74) is 0. The zero-order valence-corrected chi connectivity index (χ0v) is 12.0. The standard InChI is InChI=1S/C12H20F3N5/c1-8(2)20(4)6-5-17-10-7-9(16-3)18-11(19-10)12(13,14)15/h7-8H,5-6H2,1-4H3,(H2,16,17,18,19). The predicted molar refractivity (Wildman–Crippen MR) is 72.8 cm³/mol. The first-order chi connectivity index (χ1) is 9.24. The summed E-state index contributed by atoms with van der Waals surface area (Å²) in [6, 6.07) is 1.82. The molecule has 114 valence electrons. The molecule has 1 rings (SSSR count). The Balaban J connectivity index is 2.75. The maximum absolute atomic E-state index is 12.7. The van der Waals surface area contributed by atoms with Gasteiger partial charge in [-0.15, -0.1) is 0 Å². The number of hydrogen-bond acceptors (Lipinski definition) is 5. The quantitative estimate of drug-likeness (QED) is 0.842. The molecule has 0 spiro atoms. The summed E-state index contributed by atoms with van der Waals surface area (Å²) >= 11 is 0. The SMILES string of the molecule is CNc1cc(NCCN(C)C(C)C)nc(C(F)(F)F)n1. The summed E-state index contributed by atoms with van der Waals surface area (Å²) in [5.74, 6) is -0.857. The Morgan fingerprint density at radius 1 is 1.25 bits per heavy atom. The molecule has 20 heavy (non-hydrogen) atoms. The van der Waals surface area contributed by atoms with E-state index in [4.69, 9.17) is 0 Å². The predicted octanol–water partition coefficient (Wildman–Crippen LogP) is 2.29. The summed E-state index contributed by atoms with van der Waals surface area (Å²) in [6.45, 7) is 5.31. The first kappa shape index (κ1) is 16.5. The zero-order chi connectivity index (χ0) is 15.3. The van der Waals surface area contributed by atoms with Crippen molar-refractivity contribution in [3.63, 3.8) is 0 Å². The molecule has 0 unspecified atom stereocenters. The van der Waals surface area contributed by atoms with Crippen molar-refractivity contribution in [3.05, 3.63) is 11.9 Å². The maximum atomic E-state index is 12.7. The van der Waals surface area contributed by atoms with Gasteiger partial charge >= 0.3 is 6.18 Å². The zero-order valence-electron chi connectivity index (χ0n) is 12.0. The van der Waals surface area contributed by atoms with Crippen LogP contribution in [0.25, 0.3) is 0 Å². The lowest BCUT2D eigenvalue weighted by Crippen LogP contribution is -2.31. The van der Waals surface area contributed by atoms with Crippen molar-refractivity contribution < 1.29 is 13.2 Å². The van der Waals surface area contributed by atoms with E-state index in [1.165, 1.54) is 13.1 Å². The van der Waals surface area contributed by atoms with Gasteiger partial charge in [0.2, 0.25) is 5.82 Å². The van der Waals surface area contributed by atoms with Gasteiger partial charge in [-0.1, -0.05) is 0 Å². The highest BCUT2D eigenvalue weighted by molar-refractivity contribution is 5.47. The van der Waals surface area contributed by atoms with Crippen molar-refractivity contribution in [1.82, 2.24) is 14.9 Å². The van der Waals surface area contributed by atoms with Gasteiger partial charge in [-0.2, -0.15) is 13.2 Å². The highest BCUT2D eigenvalue weighted by atomic mass is 19.4. The molecule has 2 N–H and O–H groups in total. The number of likely N-dealkylation sites (N-methyl/N-ethyl adjacent to an activating group) is 1. The van der Waals surface area contributed by atoms with Crippen LogP contribution in [0, 0.1) is 0 Å². The van der Waals surface area contributed by atoms with Crippen LogP contribution in [0.2, 0.25) is 0 Å². The van der Waals surface area contributed by atoms with Crippen LogP contribution >= 0.6 is 0 Å². The van der Waals surface area contributed by atoms with E-state index >= 15 is 0 Å². The van der Waals surface area contributed by atoms with Gasteiger partial charge in [0.25, 0.3) is 0 Å². The molecule has 0 aliphatic heterocycles. The van der Waals surface area contributed by atoms with E-state index in [9.17, 15) is 13.2 Å². The Bertz CT molecular complexity index is 434. The van der Waals surface area contributed by atoms with Crippen LogP contribution in [0.4, 0.5) is 24.8 Å². The fraction of sp³-hybridized carbons (Fsp3) is 0.667. The van der Waals surface area contributed by atoms with Crippen molar-refractivity contribution in [3.8, 4) is 0 Å². The summed E-state index contributed by atoms with van der Waals surface area (Å²) in [5, 5.41) is 5.48. The number of hydrogen-bond donors (Lipinski definition) is 2. The van der Waals surface area contributed by atoms with E-state index in [1.807, 2.05) is 20.9 Å². The first-order valence-corrected chi connectivity index (χ1v) is 6.32. The highest BCUT2D eigenvalue weighted by Gasteiger charge is 2.35. The second-order valence-electron chi connectivity index (χ2n) is 4.71. The smallest absolute Gasteiger partial charge is 0.373 e. The molecule has 5 nitrogen and oxygen atoms in total. The van der Waals surface area contributed by atoms with Crippen LogP contribution in [-0.4, -0.2) is 48.1 Å². The van der Waals surface area contributed by atoms with E-state index in [0.717, 1.165) is 0 Å². The molecule has 1 aromatic rings. The minimum atomic E-state index is -4.56. The molecule has 0 radical (unpaired) electrons. The summed E-state index contributed by atoms with van der Waals surface area (Å²) in [4.78, 5) is 8.97. The molecular weight excluding hydrogens is 271 g/mol. The van der Waals surface area contributed by atoms with E-state index < -0.39 is 12.0 Å². The summed E-state index contributed by atoms with van der Waals surface area (Å²) in [7, 11) is 3.46. The van der Waals surface area contributed by atoms with Gasteiger partial charge in [0.1, 0.15) is 11.6 Å². The summed E-state index contributed by atoms with van der Waals surface area (Å²) < 4.78 is 38.0. The molecule has 1 aromatic heterocycles. The van der Waals surface area contributed by atoms with E-state index in [2.05, 4.69) is 25.5 Å². The highest BCUT2D eigenvalue weighted by Crippen LogP contribution is 2.28. The van der Waals surface area contributed by atoms with Gasteiger partial charge in [0.05, 0.1) is 0 Å². The second-order valence-corrected chi connectivity index (χ2v) is 4.71. The largest absolute Gasteiger partial charge is 0.451 e. The van der Waals surface area contributed by atoms with E-state index in [0.29, 0.717) is 19.1 Å². The third-order valence-electron chi connectivity index (χ3n) is 2.89. The van der Waals surface area contributed by atoms with E-state index in [-0.39, 0.29) is 11.6 Å². The molecule has 0 aliphatic rings. The second kappa shape index (κ2) is 6.74. The Morgan fingerprint density at radius 2 is 1.85 bits per heavy atom. The van der Waals surface area contributed by atoms with Crippen LogP contribution in [0.1, 0.15) is 19.7 Å². The maximum Gasteiger partial charge on any atom is 0.451 e. The lowest BCUT2D eigenvalue weighted by molar-refractivity contribution is -0.144. The van der Waals surface area contributed by atoms with Crippen molar-refractivity contribution in [1.29, 1.82) is 0 Å². The molecule has 0 amide bonds. The van der Waals surface area contributed by atoms with Gasteiger partial charge in [0.15, 0.2) is 0 Å². The Morgan fingerprint density at radius 3 is 2.35 bits per heavy atom. The number of anilines is 2. The number of nitrogens with one attached hydrogen (secondary N) is 2. The summed E-state index contributed by atoms with van der Waals surface area (Å²) in [6.07, 6.45) is -4.56. The molecule has 8 heteroatoms. The monoisotopic (exact) mass is 291 g/mol. The van der Waals surface area contributed by atoms with Crippen LogP contribution in [0.15, 0.2) is 6.07 Å². The molecule has 0 fully saturated rings. The third kappa shape index (κ3) is 4.84. The average molecular weight is 291 g/mol. The van der Waals surface area contributed by atoms with E-state index in [1.54, 1.807) is 0 Å². The Hall–Kier alpha value is -1.57. The van der Waals surface area contributed by atoms with Crippen LogP contribution in [0.3, 0.4) is 0 Å². The van der Waals surface area contributed by atoms with Crippen LogP contribution < -0.4 is 10.6 Å². The molecule has 1 heterocycles. The van der Waals surface area contributed by atoms with Crippen molar-refractivity contribution in [2.75, 3.05) is 37.8 Å². The number of halogens is 3. The number of rotatable bonds is 6. The minimum Gasteiger partial charge on any atom is -0.373 e. The first-order valence-electron chi connectivity index (χ1n) is 6.32. The van der Waals surface area contributed by atoms with Crippen molar-refractivity contribution in [2.24, 2.45) is 0 Å². The van der Waals surface area contributed by atoms with Crippen molar-refractivity contribution in [2.45, 2.75) is 26.1 Å². The number of alkyl halides is 3. The molecule has 0 aromatic carbocycles. The lowest BCUT2D eigenvalue weighted by atomic mass is 10.3. The molecule has 0 bridgehead atoms. The van der Waals surface area contributed by atoms with Crippen LogP contribution in [-0.2, 0) is 6.18 Å². The lowest BCUT2D eigenvalue weighted by Gasteiger charge is -2.21. The van der Waals surface area contributed by atoms with Gasteiger partial charge in [-0.3, -0.25) is 0 Å². The van der Waals surface area contributed by atoms with Crippen molar-refractivity contribution >= 4 is 11.6 Å². The van der Waals surface area contributed by atoms with Gasteiger partial charge in [0, 0.05) is 32.2 Å². The molecule has 0 saturated heterocycles. The molecule has 0 atom stereocenters. The van der Waals surface area contributed by atoms with Gasteiger partial charge in [-0.05, 0) is 20.9 Å². The Labute approximate surface area is 116 Å².